The number of ether oxygens (including phenoxy) is 2. The molecule has 4 heteroatoms. The van der Waals surface area contributed by atoms with E-state index in [1.165, 1.54) is 0 Å². The molecule has 1 fully saturated rings. The van der Waals surface area contributed by atoms with Gasteiger partial charge in [0.05, 0.1) is 0 Å². The molecule has 4 nitrogen and oxygen atoms in total. The molecule has 0 heterocycles. The fourth-order valence-corrected chi connectivity index (χ4v) is 1.84. The highest BCUT2D eigenvalue weighted by atomic mass is 16.6. The maximum atomic E-state index is 11.2. The van der Waals surface area contributed by atoms with Crippen LogP contribution in [0.5, 0.6) is 0 Å². The molecule has 0 spiro atoms. The quantitative estimate of drug-likeness (QED) is 0.692. The van der Waals surface area contributed by atoms with Crippen LogP contribution in [0.3, 0.4) is 0 Å². The van der Waals surface area contributed by atoms with Crippen molar-refractivity contribution in [3.8, 4) is 0 Å². The molecule has 0 aromatic carbocycles. The maximum Gasteiger partial charge on any atom is 0.305 e. The Morgan fingerprint density at radius 2 is 1.31 bits per heavy atom. The normalized spacial score (nSPS) is 24.9. The van der Waals surface area contributed by atoms with Gasteiger partial charge < -0.3 is 9.47 Å². The Bertz CT molecular complexity index is 223. The second kappa shape index (κ2) is 6.51. The van der Waals surface area contributed by atoms with E-state index in [1.54, 1.807) is 13.8 Å². The summed E-state index contributed by atoms with van der Waals surface area (Å²) >= 11 is 0. The standard InChI is InChI=1S/C12H20O4/c1-3-11(13)15-9-7-5-6-8-10(9)16-12(14)4-2/h9-10H,3-8H2,1-2H3/t9-,10+. The molecule has 1 rings (SSSR count). The van der Waals surface area contributed by atoms with Crippen molar-refractivity contribution in [1.29, 1.82) is 0 Å². The maximum absolute atomic E-state index is 11.2. The van der Waals surface area contributed by atoms with E-state index < -0.39 is 0 Å². The van der Waals surface area contributed by atoms with Crippen LogP contribution in [0.15, 0.2) is 0 Å². The Morgan fingerprint density at radius 3 is 1.62 bits per heavy atom. The zero-order valence-electron chi connectivity index (χ0n) is 10.0. The van der Waals surface area contributed by atoms with E-state index >= 15 is 0 Å². The summed E-state index contributed by atoms with van der Waals surface area (Å²) in [6.07, 6.45) is 3.91. The first-order valence-corrected chi connectivity index (χ1v) is 6.06. The van der Waals surface area contributed by atoms with E-state index in [2.05, 4.69) is 0 Å². The summed E-state index contributed by atoms with van der Waals surface area (Å²) in [5, 5.41) is 0. The minimum absolute atomic E-state index is 0.218. The first-order chi connectivity index (χ1) is 7.67. The molecular weight excluding hydrogens is 208 g/mol. The van der Waals surface area contributed by atoms with E-state index in [0.717, 1.165) is 25.7 Å². The van der Waals surface area contributed by atoms with E-state index in [-0.39, 0.29) is 24.1 Å². The van der Waals surface area contributed by atoms with Crippen molar-refractivity contribution >= 4 is 11.9 Å². The van der Waals surface area contributed by atoms with Crippen LogP contribution in [-0.2, 0) is 19.1 Å². The van der Waals surface area contributed by atoms with E-state index in [0.29, 0.717) is 12.8 Å². The molecule has 0 bridgehead atoms. The van der Waals surface area contributed by atoms with Gasteiger partial charge in [0, 0.05) is 12.8 Å². The van der Waals surface area contributed by atoms with Crippen molar-refractivity contribution in [1.82, 2.24) is 0 Å². The van der Waals surface area contributed by atoms with Gasteiger partial charge in [-0.25, -0.2) is 0 Å². The molecule has 0 aliphatic heterocycles. The minimum atomic E-state index is -0.239. The minimum Gasteiger partial charge on any atom is -0.458 e. The largest absolute Gasteiger partial charge is 0.458 e. The molecule has 0 aromatic heterocycles. The fraction of sp³-hybridized carbons (Fsp3) is 0.833. The van der Waals surface area contributed by atoms with Crippen molar-refractivity contribution in [2.75, 3.05) is 0 Å². The SMILES string of the molecule is CCC(=O)O[C@H]1CCCC[C@H]1OC(=O)CC. The summed E-state index contributed by atoms with van der Waals surface area (Å²) in [4.78, 5) is 22.4. The Kier molecular flexibility index (Phi) is 5.29. The number of rotatable bonds is 4. The molecule has 0 N–H and O–H groups in total. The van der Waals surface area contributed by atoms with Gasteiger partial charge in [0.2, 0.25) is 0 Å². The lowest BCUT2D eigenvalue weighted by Gasteiger charge is -2.30. The molecule has 0 saturated heterocycles. The van der Waals surface area contributed by atoms with Gasteiger partial charge in [-0.1, -0.05) is 13.8 Å². The average Bonchev–Trinajstić information content (AvgIpc) is 2.31. The molecule has 0 unspecified atom stereocenters. The highest BCUT2D eigenvalue weighted by Gasteiger charge is 2.30. The van der Waals surface area contributed by atoms with Gasteiger partial charge in [-0.05, 0) is 25.7 Å². The van der Waals surface area contributed by atoms with Crippen LogP contribution in [0.25, 0.3) is 0 Å². The lowest BCUT2D eigenvalue weighted by Crippen LogP contribution is -2.37. The zero-order valence-corrected chi connectivity index (χ0v) is 10.0. The van der Waals surface area contributed by atoms with Gasteiger partial charge in [0.25, 0.3) is 0 Å². The third kappa shape index (κ3) is 3.83. The van der Waals surface area contributed by atoms with Crippen LogP contribution in [-0.4, -0.2) is 24.1 Å². The molecule has 2 atom stereocenters. The first-order valence-electron chi connectivity index (χ1n) is 6.06. The number of carbonyl (C=O) groups excluding carboxylic acids is 2. The topological polar surface area (TPSA) is 52.6 Å². The third-order valence-electron chi connectivity index (χ3n) is 2.78. The molecule has 0 amide bonds. The molecule has 92 valence electrons. The van der Waals surface area contributed by atoms with Crippen LogP contribution in [0.4, 0.5) is 0 Å². The van der Waals surface area contributed by atoms with Crippen LogP contribution < -0.4 is 0 Å². The van der Waals surface area contributed by atoms with E-state index in [1.807, 2.05) is 0 Å². The summed E-state index contributed by atoms with van der Waals surface area (Å²) in [5.41, 5.74) is 0. The first kappa shape index (κ1) is 13.0. The molecule has 1 aliphatic carbocycles. The van der Waals surface area contributed by atoms with Gasteiger partial charge >= 0.3 is 11.9 Å². The zero-order chi connectivity index (χ0) is 12.0. The predicted octanol–water partition coefficient (Wildman–Crippen LogP) is 2.20. The van der Waals surface area contributed by atoms with Crippen LogP contribution in [0.1, 0.15) is 52.4 Å². The Morgan fingerprint density at radius 1 is 0.938 bits per heavy atom. The number of carbonyl (C=O) groups is 2. The Hall–Kier alpha value is -1.06. The van der Waals surface area contributed by atoms with Crippen LogP contribution in [0, 0.1) is 0 Å². The molecule has 0 aromatic rings. The summed E-state index contributed by atoms with van der Waals surface area (Å²) in [6.45, 7) is 3.52. The van der Waals surface area contributed by atoms with Crippen molar-refractivity contribution < 1.29 is 19.1 Å². The molecule has 0 radical (unpaired) electrons. The summed E-state index contributed by atoms with van der Waals surface area (Å²) in [6, 6.07) is 0. The van der Waals surface area contributed by atoms with E-state index in [9.17, 15) is 9.59 Å². The summed E-state index contributed by atoms with van der Waals surface area (Å²) in [5.74, 6) is -0.436. The van der Waals surface area contributed by atoms with E-state index in [4.69, 9.17) is 9.47 Å². The lowest BCUT2D eigenvalue weighted by atomic mass is 9.94. The fourth-order valence-electron chi connectivity index (χ4n) is 1.84. The predicted molar refractivity (Wildman–Crippen MR) is 58.8 cm³/mol. The number of hydrogen-bond donors (Lipinski definition) is 0. The summed E-state index contributed by atoms with van der Waals surface area (Å²) < 4.78 is 10.6. The second-order valence-corrected chi connectivity index (χ2v) is 4.05. The monoisotopic (exact) mass is 228 g/mol. The number of esters is 2. The Balaban J connectivity index is 2.49. The highest BCUT2D eigenvalue weighted by Crippen LogP contribution is 2.24. The van der Waals surface area contributed by atoms with Crippen LogP contribution in [0.2, 0.25) is 0 Å². The van der Waals surface area contributed by atoms with Crippen LogP contribution >= 0.6 is 0 Å². The highest BCUT2D eigenvalue weighted by molar-refractivity contribution is 5.70. The van der Waals surface area contributed by atoms with Gasteiger partial charge in [-0.3, -0.25) is 9.59 Å². The van der Waals surface area contributed by atoms with Crippen molar-refractivity contribution in [2.24, 2.45) is 0 Å². The lowest BCUT2D eigenvalue weighted by molar-refractivity contribution is -0.171. The van der Waals surface area contributed by atoms with Gasteiger partial charge in [0.1, 0.15) is 12.2 Å². The van der Waals surface area contributed by atoms with Gasteiger partial charge in [0.15, 0.2) is 0 Å². The second-order valence-electron chi connectivity index (χ2n) is 4.05. The smallest absolute Gasteiger partial charge is 0.305 e. The molecular formula is C12H20O4. The number of hydrogen-bond acceptors (Lipinski definition) is 4. The molecule has 16 heavy (non-hydrogen) atoms. The molecule has 1 saturated carbocycles. The summed E-state index contributed by atoms with van der Waals surface area (Å²) in [7, 11) is 0. The van der Waals surface area contributed by atoms with Crippen molar-refractivity contribution in [3.63, 3.8) is 0 Å². The average molecular weight is 228 g/mol. The van der Waals surface area contributed by atoms with Gasteiger partial charge in [-0.15, -0.1) is 0 Å². The van der Waals surface area contributed by atoms with Gasteiger partial charge in [-0.2, -0.15) is 0 Å². The van der Waals surface area contributed by atoms with Crippen molar-refractivity contribution in [2.45, 2.75) is 64.6 Å². The third-order valence-corrected chi connectivity index (χ3v) is 2.78. The van der Waals surface area contributed by atoms with Crippen molar-refractivity contribution in [3.05, 3.63) is 0 Å². The molecule has 1 aliphatic rings. The Labute approximate surface area is 96.3 Å².